The van der Waals surface area contributed by atoms with Crippen molar-refractivity contribution in [3.8, 4) is 11.5 Å². The van der Waals surface area contributed by atoms with E-state index in [4.69, 9.17) is 9.47 Å². The van der Waals surface area contributed by atoms with Gasteiger partial charge in [0.05, 0.1) is 11.0 Å². The summed E-state index contributed by atoms with van der Waals surface area (Å²) in [5.41, 5.74) is 0.183. The zero-order valence-corrected chi connectivity index (χ0v) is 23.1. The van der Waals surface area contributed by atoms with Gasteiger partial charge in [-0.1, -0.05) is 76.9 Å². The molecule has 4 aliphatic rings. The van der Waals surface area contributed by atoms with Gasteiger partial charge in [-0.15, -0.1) is 6.58 Å². The number of esters is 1. The molecule has 208 valence electrons. The summed E-state index contributed by atoms with van der Waals surface area (Å²) in [6.07, 6.45) is 15.8. The maximum Gasteiger partial charge on any atom is 0.311 e. The van der Waals surface area contributed by atoms with E-state index in [9.17, 15) is 14.7 Å². The second-order valence-electron chi connectivity index (χ2n) is 11.9. The van der Waals surface area contributed by atoms with Crippen molar-refractivity contribution in [2.75, 3.05) is 13.1 Å². The second kappa shape index (κ2) is 11.5. The smallest absolute Gasteiger partial charge is 0.311 e. The third-order valence-electron chi connectivity index (χ3n) is 9.68. The number of aliphatic hydroxyl groups is 1. The van der Waals surface area contributed by atoms with E-state index >= 15 is 0 Å². The fourth-order valence-corrected chi connectivity index (χ4v) is 7.80. The molecule has 0 amide bonds. The Morgan fingerprint density at radius 1 is 1.13 bits per heavy atom. The van der Waals surface area contributed by atoms with Crippen LogP contribution in [0.3, 0.4) is 0 Å². The average Bonchev–Trinajstić information content (AvgIpc) is 3.26. The molecule has 0 aromatic heterocycles. The van der Waals surface area contributed by atoms with E-state index in [1.54, 1.807) is 0 Å². The highest BCUT2D eigenvalue weighted by Gasteiger charge is 2.73. The topological polar surface area (TPSA) is 76.1 Å². The fraction of sp³-hybridized carbons (Fsp3) is 0.688. The molecule has 1 N–H and O–H groups in total. The van der Waals surface area contributed by atoms with Crippen molar-refractivity contribution in [3.63, 3.8) is 0 Å². The number of unbranched alkanes of at least 4 members (excludes halogenated alkanes) is 9. The lowest BCUT2D eigenvalue weighted by Crippen LogP contribution is -2.76. The zero-order valence-electron chi connectivity index (χ0n) is 23.1. The third kappa shape index (κ3) is 4.62. The Labute approximate surface area is 227 Å². The van der Waals surface area contributed by atoms with Gasteiger partial charge in [-0.2, -0.15) is 0 Å². The SMILES string of the molecule is C=CCN1CC[C@]23c4c5ccc(OC(=O)CCCCCCCCCCCC)c4O[C@@H]2C(=O)CC[C@@]3(O)[C@H]1C5. The number of hydrogen-bond donors (Lipinski definition) is 1. The van der Waals surface area contributed by atoms with Gasteiger partial charge in [0.15, 0.2) is 23.4 Å². The Morgan fingerprint density at radius 2 is 1.84 bits per heavy atom. The molecule has 2 aliphatic heterocycles. The highest BCUT2D eigenvalue weighted by Crippen LogP contribution is 2.64. The van der Waals surface area contributed by atoms with Gasteiger partial charge in [-0.05, 0) is 37.3 Å². The zero-order chi connectivity index (χ0) is 26.8. The number of hydrogen-bond acceptors (Lipinski definition) is 6. The molecule has 2 heterocycles. The number of likely N-dealkylation sites (tertiary alicyclic amines) is 1. The number of carbonyl (C=O) groups excluding carboxylic acids is 2. The molecule has 2 bridgehead atoms. The monoisotopic (exact) mass is 523 g/mol. The van der Waals surface area contributed by atoms with Crippen LogP contribution in [0.4, 0.5) is 0 Å². The van der Waals surface area contributed by atoms with Crippen LogP contribution >= 0.6 is 0 Å². The summed E-state index contributed by atoms with van der Waals surface area (Å²) in [6, 6.07) is 3.75. The summed E-state index contributed by atoms with van der Waals surface area (Å²) < 4.78 is 12.2. The number of carbonyl (C=O) groups is 2. The molecule has 1 spiro atoms. The number of nitrogens with zero attached hydrogens (tertiary/aromatic N) is 1. The average molecular weight is 524 g/mol. The number of benzene rings is 1. The quantitative estimate of drug-likeness (QED) is 0.143. The van der Waals surface area contributed by atoms with Crippen molar-refractivity contribution >= 4 is 11.8 Å². The first-order valence-electron chi connectivity index (χ1n) is 15.1. The lowest BCUT2D eigenvalue weighted by Gasteiger charge is -2.62. The van der Waals surface area contributed by atoms with Crippen molar-refractivity contribution in [2.24, 2.45) is 0 Å². The molecule has 6 heteroatoms. The molecule has 6 nitrogen and oxygen atoms in total. The molecule has 0 radical (unpaired) electrons. The lowest BCUT2D eigenvalue weighted by atomic mass is 9.49. The van der Waals surface area contributed by atoms with Gasteiger partial charge in [0.2, 0.25) is 0 Å². The van der Waals surface area contributed by atoms with Gasteiger partial charge < -0.3 is 14.6 Å². The third-order valence-corrected chi connectivity index (χ3v) is 9.68. The van der Waals surface area contributed by atoms with Gasteiger partial charge in [-0.25, -0.2) is 0 Å². The Kier molecular flexibility index (Phi) is 8.30. The van der Waals surface area contributed by atoms with Gasteiger partial charge in [0, 0.05) is 37.5 Å². The van der Waals surface area contributed by atoms with E-state index in [1.807, 2.05) is 18.2 Å². The van der Waals surface area contributed by atoms with Crippen molar-refractivity contribution in [1.29, 1.82) is 0 Å². The highest BCUT2D eigenvalue weighted by atomic mass is 16.6. The molecule has 5 rings (SSSR count). The van der Waals surface area contributed by atoms with Crippen molar-refractivity contribution < 1.29 is 24.2 Å². The lowest BCUT2D eigenvalue weighted by molar-refractivity contribution is -0.187. The predicted molar refractivity (Wildman–Crippen MR) is 148 cm³/mol. The minimum absolute atomic E-state index is 0.0392. The Hall–Kier alpha value is -2.18. The fourth-order valence-electron chi connectivity index (χ4n) is 7.80. The Balaban J connectivity index is 1.24. The van der Waals surface area contributed by atoms with Crippen LogP contribution in [0, 0.1) is 0 Å². The molecule has 4 atom stereocenters. The van der Waals surface area contributed by atoms with E-state index in [0.29, 0.717) is 50.1 Å². The number of rotatable bonds is 14. The molecule has 0 unspecified atom stereocenters. The maximum atomic E-state index is 13.1. The summed E-state index contributed by atoms with van der Waals surface area (Å²) in [5, 5.41) is 12.2. The highest BCUT2D eigenvalue weighted by molar-refractivity contribution is 5.90. The van der Waals surface area contributed by atoms with E-state index in [0.717, 1.165) is 36.9 Å². The van der Waals surface area contributed by atoms with Gasteiger partial charge in [-0.3, -0.25) is 14.5 Å². The van der Waals surface area contributed by atoms with E-state index < -0.39 is 17.1 Å². The molecule has 2 aliphatic carbocycles. The van der Waals surface area contributed by atoms with Crippen LogP contribution < -0.4 is 9.47 Å². The van der Waals surface area contributed by atoms with Crippen LogP contribution in [0.5, 0.6) is 11.5 Å². The standard InChI is InChI=1S/C32H45NO5/c1-3-5-6-7-8-9-10-11-12-13-14-27(35)37-25-16-15-23-22-26-32(36)18-17-24(34)30-31(32,28(23)29(25)38-30)19-21-33(26)20-4-2/h4,15-16,26,30,36H,2-3,5-14,17-22H2,1H3/t26-,30-,31+,32-/m1/s1. The summed E-state index contributed by atoms with van der Waals surface area (Å²) in [6.45, 7) is 7.63. The normalized spacial score (nSPS) is 29.1. The molecule has 38 heavy (non-hydrogen) atoms. The van der Waals surface area contributed by atoms with Crippen LogP contribution in [0.15, 0.2) is 24.8 Å². The number of piperidine rings is 1. The summed E-state index contributed by atoms with van der Waals surface area (Å²) in [7, 11) is 0. The van der Waals surface area contributed by atoms with Gasteiger partial charge in [0.1, 0.15) is 0 Å². The molecule has 1 aromatic carbocycles. The largest absolute Gasteiger partial charge is 0.477 e. The Bertz CT molecular complexity index is 1050. The van der Waals surface area contributed by atoms with Crippen LogP contribution in [0.1, 0.15) is 108 Å². The van der Waals surface area contributed by atoms with Gasteiger partial charge >= 0.3 is 5.97 Å². The van der Waals surface area contributed by atoms with E-state index in [1.165, 1.54) is 44.9 Å². The van der Waals surface area contributed by atoms with Crippen molar-refractivity contribution in [1.82, 2.24) is 4.90 Å². The van der Waals surface area contributed by atoms with Gasteiger partial charge in [0.25, 0.3) is 0 Å². The molecule has 1 saturated heterocycles. The minimum Gasteiger partial charge on any atom is -0.477 e. The number of Topliss-reactive ketones (excluding diaryl/α,β-unsaturated/α-hetero) is 1. The molecule has 1 saturated carbocycles. The first-order chi connectivity index (χ1) is 18.5. The van der Waals surface area contributed by atoms with E-state index in [-0.39, 0.29) is 17.8 Å². The summed E-state index contributed by atoms with van der Waals surface area (Å²) in [4.78, 5) is 28.2. The van der Waals surface area contributed by atoms with Crippen molar-refractivity contribution in [3.05, 3.63) is 35.9 Å². The van der Waals surface area contributed by atoms with E-state index in [2.05, 4.69) is 18.4 Å². The molecular formula is C32H45NO5. The maximum absolute atomic E-state index is 13.1. The summed E-state index contributed by atoms with van der Waals surface area (Å²) in [5.74, 6) is 0.685. The first-order valence-corrected chi connectivity index (χ1v) is 15.1. The van der Waals surface area contributed by atoms with Crippen LogP contribution in [0.25, 0.3) is 0 Å². The number of ketones is 1. The first kappa shape index (κ1) is 27.4. The Morgan fingerprint density at radius 3 is 2.55 bits per heavy atom. The minimum atomic E-state index is -1.05. The van der Waals surface area contributed by atoms with Crippen LogP contribution in [0.2, 0.25) is 0 Å². The molecular weight excluding hydrogens is 478 g/mol. The van der Waals surface area contributed by atoms with Crippen molar-refractivity contribution in [2.45, 2.75) is 126 Å². The summed E-state index contributed by atoms with van der Waals surface area (Å²) >= 11 is 0. The van der Waals surface area contributed by atoms with Crippen LogP contribution in [-0.2, 0) is 21.4 Å². The molecule has 1 aromatic rings. The predicted octanol–water partition coefficient (Wildman–Crippen LogP) is 5.81. The molecule has 2 fully saturated rings. The number of ether oxygens (including phenoxy) is 2. The van der Waals surface area contributed by atoms with Crippen LogP contribution in [-0.4, -0.2) is 52.6 Å². The second-order valence-corrected chi connectivity index (χ2v) is 11.9.